The molecule has 3 rings (SSSR count). The van der Waals surface area contributed by atoms with Crippen LogP contribution in [0.25, 0.3) is 0 Å². The zero-order valence-electron chi connectivity index (χ0n) is 14.2. The molecule has 24 heavy (non-hydrogen) atoms. The van der Waals surface area contributed by atoms with Gasteiger partial charge in [0, 0.05) is 0 Å². The summed E-state index contributed by atoms with van der Waals surface area (Å²) in [5, 5.41) is 0. The van der Waals surface area contributed by atoms with Crippen LogP contribution >= 0.6 is 0 Å². The number of hydrogen-bond donors (Lipinski definition) is 0. The van der Waals surface area contributed by atoms with Crippen LogP contribution < -0.4 is 4.74 Å². The van der Waals surface area contributed by atoms with Crippen LogP contribution in [-0.2, 0) is 4.74 Å². The Bertz CT molecular complexity index is 652. The molecule has 0 N–H and O–H groups in total. The van der Waals surface area contributed by atoms with Gasteiger partial charge in [-0.05, 0) is 67.6 Å². The molecule has 1 aliphatic carbocycles. The molecule has 1 fully saturated rings. The first-order chi connectivity index (χ1) is 11.8. The molecule has 126 valence electrons. The van der Waals surface area contributed by atoms with Crippen molar-refractivity contribution < 1.29 is 14.3 Å². The highest BCUT2D eigenvalue weighted by molar-refractivity contribution is 5.89. The van der Waals surface area contributed by atoms with Gasteiger partial charge in [-0.25, -0.2) is 4.79 Å². The lowest BCUT2D eigenvalue weighted by Gasteiger charge is -2.22. The van der Waals surface area contributed by atoms with Crippen LogP contribution in [0.3, 0.4) is 0 Å². The van der Waals surface area contributed by atoms with Gasteiger partial charge in [-0.1, -0.05) is 31.4 Å². The van der Waals surface area contributed by atoms with E-state index in [0.29, 0.717) is 23.8 Å². The van der Waals surface area contributed by atoms with Crippen LogP contribution in [0, 0.1) is 0 Å². The third-order valence-electron chi connectivity index (χ3n) is 4.56. The number of carbonyl (C=O) groups is 1. The minimum Gasteiger partial charge on any atom is -0.462 e. The van der Waals surface area contributed by atoms with E-state index < -0.39 is 0 Å². The lowest BCUT2D eigenvalue weighted by molar-refractivity contribution is 0.0526. The van der Waals surface area contributed by atoms with Gasteiger partial charge in [0.1, 0.15) is 11.5 Å². The largest absolute Gasteiger partial charge is 0.462 e. The molecule has 0 bridgehead atoms. The highest BCUT2D eigenvalue weighted by atomic mass is 16.5. The topological polar surface area (TPSA) is 35.5 Å². The standard InChI is InChI=1S/C21H24O3/c1-2-23-21(22)18-10-14-20(15-11-18)24-19-12-8-17(9-13-19)16-6-4-3-5-7-16/h8-16H,2-7H2,1H3. The average Bonchev–Trinajstić information content (AvgIpc) is 2.64. The quantitative estimate of drug-likeness (QED) is 0.661. The van der Waals surface area contributed by atoms with E-state index in [-0.39, 0.29) is 5.97 Å². The summed E-state index contributed by atoms with van der Waals surface area (Å²) in [6.45, 7) is 2.18. The average molecular weight is 324 g/mol. The van der Waals surface area contributed by atoms with Crippen LogP contribution in [0.15, 0.2) is 48.5 Å². The summed E-state index contributed by atoms with van der Waals surface area (Å²) in [6.07, 6.45) is 6.66. The van der Waals surface area contributed by atoms with E-state index in [1.165, 1.54) is 37.7 Å². The maximum absolute atomic E-state index is 11.6. The van der Waals surface area contributed by atoms with E-state index in [2.05, 4.69) is 12.1 Å². The normalized spacial score (nSPS) is 15.0. The van der Waals surface area contributed by atoms with Gasteiger partial charge >= 0.3 is 5.97 Å². The summed E-state index contributed by atoms with van der Waals surface area (Å²) in [5.41, 5.74) is 1.96. The molecule has 2 aromatic carbocycles. The number of benzene rings is 2. The molecule has 0 atom stereocenters. The molecule has 0 unspecified atom stereocenters. The van der Waals surface area contributed by atoms with Gasteiger partial charge in [0.25, 0.3) is 0 Å². The van der Waals surface area contributed by atoms with Crippen LogP contribution in [0.4, 0.5) is 0 Å². The van der Waals surface area contributed by atoms with E-state index in [0.717, 1.165) is 5.75 Å². The summed E-state index contributed by atoms with van der Waals surface area (Å²) >= 11 is 0. The number of hydrogen-bond acceptors (Lipinski definition) is 3. The highest BCUT2D eigenvalue weighted by Gasteiger charge is 2.15. The minimum absolute atomic E-state index is 0.305. The molecule has 0 aromatic heterocycles. The van der Waals surface area contributed by atoms with Crippen LogP contribution in [-0.4, -0.2) is 12.6 Å². The number of ether oxygens (including phenoxy) is 2. The smallest absolute Gasteiger partial charge is 0.338 e. The van der Waals surface area contributed by atoms with Gasteiger partial charge in [-0.3, -0.25) is 0 Å². The maximum Gasteiger partial charge on any atom is 0.338 e. The predicted octanol–water partition coefficient (Wildman–Crippen LogP) is 5.70. The van der Waals surface area contributed by atoms with Crippen LogP contribution in [0.1, 0.15) is 60.9 Å². The number of rotatable bonds is 5. The van der Waals surface area contributed by atoms with E-state index in [1.807, 2.05) is 12.1 Å². The van der Waals surface area contributed by atoms with E-state index >= 15 is 0 Å². The van der Waals surface area contributed by atoms with Crippen molar-refractivity contribution in [3.8, 4) is 11.5 Å². The minimum atomic E-state index is -0.305. The van der Waals surface area contributed by atoms with Gasteiger partial charge in [-0.15, -0.1) is 0 Å². The summed E-state index contributed by atoms with van der Waals surface area (Å²) in [6, 6.07) is 15.5. The summed E-state index contributed by atoms with van der Waals surface area (Å²) in [5.74, 6) is 1.93. The molecule has 1 saturated carbocycles. The third-order valence-corrected chi connectivity index (χ3v) is 4.56. The Balaban J connectivity index is 1.62. The SMILES string of the molecule is CCOC(=O)c1ccc(Oc2ccc(C3CCCCC3)cc2)cc1. The summed E-state index contributed by atoms with van der Waals surface area (Å²) in [7, 11) is 0. The van der Waals surface area contributed by atoms with Gasteiger partial charge in [-0.2, -0.15) is 0 Å². The van der Waals surface area contributed by atoms with Gasteiger partial charge in [0.2, 0.25) is 0 Å². The molecular weight excluding hydrogens is 300 g/mol. The zero-order chi connectivity index (χ0) is 16.8. The molecule has 0 saturated heterocycles. The first-order valence-electron chi connectivity index (χ1n) is 8.81. The molecule has 2 aromatic rings. The molecule has 3 nitrogen and oxygen atoms in total. The Hall–Kier alpha value is -2.29. The Kier molecular flexibility index (Phi) is 5.52. The van der Waals surface area contributed by atoms with E-state index in [4.69, 9.17) is 9.47 Å². The van der Waals surface area contributed by atoms with E-state index in [1.54, 1.807) is 31.2 Å². The predicted molar refractivity (Wildman–Crippen MR) is 94.7 cm³/mol. The molecule has 0 aliphatic heterocycles. The Labute approximate surface area is 143 Å². The van der Waals surface area contributed by atoms with Crippen molar-refractivity contribution >= 4 is 5.97 Å². The number of esters is 1. The van der Waals surface area contributed by atoms with Gasteiger partial charge in [0.05, 0.1) is 12.2 Å². The maximum atomic E-state index is 11.6. The van der Waals surface area contributed by atoms with Crippen molar-refractivity contribution in [1.29, 1.82) is 0 Å². The molecule has 1 aliphatic rings. The Morgan fingerprint density at radius 2 is 1.50 bits per heavy atom. The second kappa shape index (κ2) is 8.00. The first kappa shape index (κ1) is 16.6. The molecule has 0 radical (unpaired) electrons. The van der Waals surface area contributed by atoms with E-state index in [9.17, 15) is 4.79 Å². The van der Waals surface area contributed by atoms with Crippen LogP contribution in [0.2, 0.25) is 0 Å². The molecule has 0 amide bonds. The lowest BCUT2D eigenvalue weighted by atomic mass is 9.84. The molecule has 0 spiro atoms. The van der Waals surface area contributed by atoms with Gasteiger partial charge in [0.15, 0.2) is 0 Å². The first-order valence-corrected chi connectivity index (χ1v) is 8.81. The second-order valence-corrected chi connectivity index (χ2v) is 6.25. The van der Waals surface area contributed by atoms with Crippen LogP contribution in [0.5, 0.6) is 11.5 Å². The Morgan fingerprint density at radius 3 is 2.08 bits per heavy atom. The van der Waals surface area contributed by atoms with Crippen molar-refractivity contribution in [3.63, 3.8) is 0 Å². The fourth-order valence-corrected chi connectivity index (χ4v) is 3.25. The Morgan fingerprint density at radius 1 is 0.917 bits per heavy atom. The number of carbonyl (C=O) groups excluding carboxylic acids is 1. The lowest BCUT2D eigenvalue weighted by Crippen LogP contribution is -2.04. The molecular formula is C21H24O3. The molecule has 0 heterocycles. The molecule has 3 heteroatoms. The van der Waals surface area contributed by atoms with Crippen molar-refractivity contribution in [3.05, 3.63) is 59.7 Å². The highest BCUT2D eigenvalue weighted by Crippen LogP contribution is 2.33. The van der Waals surface area contributed by atoms with Gasteiger partial charge < -0.3 is 9.47 Å². The fourth-order valence-electron chi connectivity index (χ4n) is 3.25. The summed E-state index contributed by atoms with van der Waals surface area (Å²) in [4.78, 5) is 11.6. The van der Waals surface area contributed by atoms with Crippen molar-refractivity contribution in [2.45, 2.75) is 44.9 Å². The zero-order valence-corrected chi connectivity index (χ0v) is 14.2. The fraction of sp³-hybridized carbons (Fsp3) is 0.381. The second-order valence-electron chi connectivity index (χ2n) is 6.25. The third kappa shape index (κ3) is 4.16. The van der Waals surface area contributed by atoms with Crippen molar-refractivity contribution in [2.24, 2.45) is 0 Å². The van der Waals surface area contributed by atoms with Crippen molar-refractivity contribution in [1.82, 2.24) is 0 Å². The monoisotopic (exact) mass is 324 g/mol. The van der Waals surface area contributed by atoms with Crippen molar-refractivity contribution in [2.75, 3.05) is 6.61 Å². The summed E-state index contributed by atoms with van der Waals surface area (Å²) < 4.78 is 10.8.